The fourth-order valence-electron chi connectivity index (χ4n) is 0.913. The number of aromatic nitrogens is 3. The second kappa shape index (κ2) is 2.23. The van der Waals surface area contributed by atoms with Crippen LogP contribution < -0.4 is 4.74 Å². The van der Waals surface area contributed by atoms with Crippen LogP contribution in [0.3, 0.4) is 0 Å². The number of imidazole rings is 1. The second-order valence-corrected chi connectivity index (χ2v) is 2.12. The maximum absolute atomic E-state index is 4.93. The van der Waals surface area contributed by atoms with Gasteiger partial charge in [0, 0.05) is 12.4 Å². The zero-order chi connectivity index (χ0) is 7.68. The number of fused-ring (bicyclic) bond motifs is 1. The first-order chi connectivity index (χ1) is 5.40. The molecular formula is C7H7N3O. The molecule has 0 N–H and O–H groups in total. The standard InChI is InChI=1S/C7H7N3O/c1-11-7-5-10-3-2-8-6(10)4-9-7/h2-5H,1H3. The van der Waals surface area contributed by atoms with Crippen LogP contribution in [0.4, 0.5) is 0 Å². The average molecular weight is 149 g/mol. The molecule has 0 aliphatic carbocycles. The molecule has 0 fully saturated rings. The van der Waals surface area contributed by atoms with Gasteiger partial charge in [-0.3, -0.25) is 0 Å². The summed E-state index contributed by atoms with van der Waals surface area (Å²) in [5.74, 6) is 0.593. The summed E-state index contributed by atoms with van der Waals surface area (Å²) in [6, 6.07) is 0. The Kier molecular flexibility index (Phi) is 1.25. The summed E-state index contributed by atoms with van der Waals surface area (Å²) in [5.41, 5.74) is 0.825. The van der Waals surface area contributed by atoms with Gasteiger partial charge in [-0.2, -0.15) is 0 Å². The third-order valence-corrected chi connectivity index (χ3v) is 1.46. The predicted octanol–water partition coefficient (Wildman–Crippen LogP) is 0.738. The summed E-state index contributed by atoms with van der Waals surface area (Å²) < 4.78 is 6.78. The molecule has 0 unspecified atom stereocenters. The molecule has 56 valence electrons. The Morgan fingerprint density at radius 2 is 2.36 bits per heavy atom. The largest absolute Gasteiger partial charge is 0.480 e. The number of rotatable bonds is 1. The van der Waals surface area contributed by atoms with E-state index in [1.165, 1.54) is 0 Å². The van der Waals surface area contributed by atoms with Crippen molar-refractivity contribution in [2.45, 2.75) is 0 Å². The summed E-state index contributed by atoms with van der Waals surface area (Å²) in [5, 5.41) is 0. The SMILES string of the molecule is COc1cn2ccnc2cn1. The van der Waals surface area contributed by atoms with Crippen LogP contribution in [0.2, 0.25) is 0 Å². The van der Waals surface area contributed by atoms with E-state index in [1.807, 2.05) is 10.6 Å². The zero-order valence-corrected chi connectivity index (χ0v) is 6.06. The zero-order valence-electron chi connectivity index (χ0n) is 6.06. The van der Waals surface area contributed by atoms with Gasteiger partial charge < -0.3 is 9.14 Å². The highest BCUT2D eigenvalue weighted by molar-refractivity contribution is 5.35. The minimum Gasteiger partial charge on any atom is -0.480 e. The molecule has 0 radical (unpaired) electrons. The summed E-state index contributed by atoms with van der Waals surface area (Å²) in [6.45, 7) is 0. The lowest BCUT2D eigenvalue weighted by Crippen LogP contribution is -1.90. The Hall–Kier alpha value is -1.58. The van der Waals surface area contributed by atoms with E-state index >= 15 is 0 Å². The number of hydrogen-bond acceptors (Lipinski definition) is 3. The number of nitrogens with zero attached hydrogens (tertiary/aromatic N) is 3. The van der Waals surface area contributed by atoms with Gasteiger partial charge in [-0.25, -0.2) is 9.97 Å². The molecule has 2 aromatic rings. The molecule has 4 nitrogen and oxygen atoms in total. The van der Waals surface area contributed by atoms with Crippen LogP contribution in [0.15, 0.2) is 24.8 Å². The predicted molar refractivity (Wildman–Crippen MR) is 39.5 cm³/mol. The third-order valence-electron chi connectivity index (χ3n) is 1.46. The molecule has 0 saturated heterocycles. The van der Waals surface area contributed by atoms with Gasteiger partial charge in [0.25, 0.3) is 0 Å². The maximum atomic E-state index is 4.93. The van der Waals surface area contributed by atoms with Crippen LogP contribution in [0.5, 0.6) is 5.88 Å². The van der Waals surface area contributed by atoms with E-state index in [0.717, 1.165) is 5.65 Å². The molecule has 0 saturated carbocycles. The molecule has 0 aromatic carbocycles. The minimum absolute atomic E-state index is 0.593. The summed E-state index contributed by atoms with van der Waals surface area (Å²) >= 11 is 0. The van der Waals surface area contributed by atoms with E-state index in [9.17, 15) is 0 Å². The molecule has 11 heavy (non-hydrogen) atoms. The first-order valence-corrected chi connectivity index (χ1v) is 3.23. The van der Waals surface area contributed by atoms with Crippen LogP contribution in [0.1, 0.15) is 0 Å². The summed E-state index contributed by atoms with van der Waals surface area (Å²) in [7, 11) is 1.59. The normalized spacial score (nSPS) is 10.3. The molecule has 0 bridgehead atoms. The molecule has 2 heterocycles. The van der Waals surface area contributed by atoms with Gasteiger partial charge in [0.1, 0.15) is 0 Å². The van der Waals surface area contributed by atoms with E-state index in [4.69, 9.17) is 4.74 Å². The van der Waals surface area contributed by atoms with Gasteiger partial charge in [-0.15, -0.1) is 0 Å². The van der Waals surface area contributed by atoms with E-state index in [0.29, 0.717) is 5.88 Å². The topological polar surface area (TPSA) is 39.4 Å². The van der Waals surface area contributed by atoms with Crippen molar-refractivity contribution in [1.29, 1.82) is 0 Å². The molecule has 0 aliphatic heterocycles. The molecule has 0 amide bonds. The van der Waals surface area contributed by atoms with Crippen LogP contribution in [-0.2, 0) is 0 Å². The molecule has 0 atom stereocenters. The van der Waals surface area contributed by atoms with E-state index in [1.54, 1.807) is 25.7 Å². The first kappa shape index (κ1) is 6.15. The average Bonchev–Trinajstić information content (AvgIpc) is 2.50. The number of hydrogen-bond donors (Lipinski definition) is 0. The summed E-state index contributed by atoms with van der Waals surface area (Å²) in [4.78, 5) is 8.03. The highest BCUT2D eigenvalue weighted by Gasteiger charge is 1.95. The lowest BCUT2D eigenvalue weighted by Gasteiger charge is -1.97. The molecule has 0 spiro atoms. The Labute approximate surface area is 63.5 Å². The lowest BCUT2D eigenvalue weighted by atomic mass is 10.7. The smallest absolute Gasteiger partial charge is 0.230 e. The summed E-state index contributed by atoms with van der Waals surface area (Å²) in [6.07, 6.45) is 7.01. The Morgan fingerprint density at radius 3 is 3.18 bits per heavy atom. The molecule has 4 heteroatoms. The van der Waals surface area contributed by atoms with Gasteiger partial charge in [0.15, 0.2) is 5.65 Å². The molecule has 0 aliphatic rings. The Morgan fingerprint density at radius 1 is 1.45 bits per heavy atom. The van der Waals surface area contributed by atoms with Crippen molar-refractivity contribution in [1.82, 2.24) is 14.4 Å². The Balaban J connectivity index is 2.67. The van der Waals surface area contributed by atoms with Crippen molar-refractivity contribution in [3.05, 3.63) is 24.8 Å². The maximum Gasteiger partial charge on any atom is 0.230 e. The van der Waals surface area contributed by atoms with Crippen molar-refractivity contribution >= 4 is 5.65 Å². The highest BCUT2D eigenvalue weighted by Crippen LogP contribution is 2.05. The van der Waals surface area contributed by atoms with Crippen molar-refractivity contribution in [3.8, 4) is 5.88 Å². The highest BCUT2D eigenvalue weighted by atomic mass is 16.5. The number of methoxy groups -OCH3 is 1. The van der Waals surface area contributed by atoms with Gasteiger partial charge >= 0.3 is 0 Å². The van der Waals surface area contributed by atoms with Crippen LogP contribution in [-0.4, -0.2) is 21.5 Å². The third kappa shape index (κ3) is 0.920. The number of ether oxygens (including phenoxy) is 1. The molecule has 2 rings (SSSR count). The Bertz CT molecular complexity index is 368. The van der Waals surface area contributed by atoms with Crippen LogP contribution >= 0.6 is 0 Å². The van der Waals surface area contributed by atoms with Gasteiger partial charge in [0.05, 0.1) is 19.5 Å². The van der Waals surface area contributed by atoms with E-state index in [-0.39, 0.29) is 0 Å². The van der Waals surface area contributed by atoms with Crippen molar-refractivity contribution in [3.63, 3.8) is 0 Å². The van der Waals surface area contributed by atoms with Gasteiger partial charge in [0.2, 0.25) is 5.88 Å². The molecule has 2 aromatic heterocycles. The van der Waals surface area contributed by atoms with Gasteiger partial charge in [-0.05, 0) is 0 Å². The van der Waals surface area contributed by atoms with Crippen molar-refractivity contribution < 1.29 is 4.74 Å². The second-order valence-electron chi connectivity index (χ2n) is 2.12. The van der Waals surface area contributed by atoms with Crippen LogP contribution in [0.25, 0.3) is 5.65 Å². The lowest BCUT2D eigenvalue weighted by molar-refractivity contribution is 0.395. The minimum atomic E-state index is 0.593. The quantitative estimate of drug-likeness (QED) is 0.600. The fourth-order valence-corrected chi connectivity index (χ4v) is 0.913. The molecular weight excluding hydrogens is 142 g/mol. The van der Waals surface area contributed by atoms with E-state index < -0.39 is 0 Å². The van der Waals surface area contributed by atoms with Gasteiger partial charge in [-0.1, -0.05) is 0 Å². The first-order valence-electron chi connectivity index (χ1n) is 3.23. The monoisotopic (exact) mass is 149 g/mol. The van der Waals surface area contributed by atoms with Crippen molar-refractivity contribution in [2.24, 2.45) is 0 Å². The van der Waals surface area contributed by atoms with Crippen LogP contribution in [0, 0.1) is 0 Å². The van der Waals surface area contributed by atoms with E-state index in [2.05, 4.69) is 9.97 Å². The van der Waals surface area contributed by atoms with Crippen molar-refractivity contribution in [2.75, 3.05) is 7.11 Å². The fraction of sp³-hybridized carbons (Fsp3) is 0.143.